The van der Waals surface area contributed by atoms with Gasteiger partial charge < -0.3 is 25.4 Å². The van der Waals surface area contributed by atoms with Crippen molar-refractivity contribution in [3.8, 4) is 5.75 Å². The van der Waals surface area contributed by atoms with Crippen molar-refractivity contribution in [3.05, 3.63) is 35.3 Å². The van der Waals surface area contributed by atoms with Crippen LogP contribution in [0.25, 0.3) is 0 Å². The van der Waals surface area contributed by atoms with Gasteiger partial charge in [0, 0.05) is 30.8 Å². The van der Waals surface area contributed by atoms with Gasteiger partial charge in [0.15, 0.2) is 5.13 Å². The Morgan fingerprint density at radius 3 is 2.84 bits per heavy atom. The summed E-state index contributed by atoms with van der Waals surface area (Å²) in [6.07, 6.45) is 0. The maximum atomic E-state index is 12.0. The minimum atomic E-state index is -0.406. The lowest BCUT2D eigenvalue weighted by atomic mass is 10.3. The van der Waals surface area contributed by atoms with Crippen LogP contribution in [0.1, 0.15) is 10.5 Å². The molecule has 1 heterocycles. The van der Waals surface area contributed by atoms with Crippen LogP contribution in [0.4, 0.5) is 10.8 Å². The quantitative estimate of drug-likeness (QED) is 0.581. The molecule has 0 atom stereocenters. The van der Waals surface area contributed by atoms with Gasteiger partial charge in [-0.25, -0.2) is 4.98 Å². The van der Waals surface area contributed by atoms with E-state index in [2.05, 4.69) is 20.9 Å². The van der Waals surface area contributed by atoms with Crippen LogP contribution in [0, 0.1) is 0 Å². The summed E-state index contributed by atoms with van der Waals surface area (Å²) in [6, 6.07) is 7.38. The topological polar surface area (TPSA) is 102 Å². The van der Waals surface area contributed by atoms with E-state index >= 15 is 0 Å². The second kappa shape index (κ2) is 9.60. The number of nitrogens with zero attached hydrogens (tertiary/aromatic N) is 1. The Labute approximate surface area is 149 Å². The lowest BCUT2D eigenvalue weighted by molar-refractivity contribution is -0.120. The number of nitrogens with one attached hydrogen (secondary N) is 3. The summed E-state index contributed by atoms with van der Waals surface area (Å²) in [5, 5.41) is 10.4. The molecule has 8 nitrogen and oxygen atoms in total. The molecule has 0 unspecified atom stereocenters. The summed E-state index contributed by atoms with van der Waals surface area (Å²) < 4.78 is 9.99. The fraction of sp³-hybridized carbons (Fsp3) is 0.312. The van der Waals surface area contributed by atoms with Crippen molar-refractivity contribution in [1.29, 1.82) is 0 Å². The zero-order valence-corrected chi connectivity index (χ0v) is 14.8. The van der Waals surface area contributed by atoms with Gasteiger partial charge in [-0.15, -0.1) is 11.3 Å². The average molecular weight is 364 g/mol. The van der Waals surface area contributed by atoms with Gasteiger partial charge in [-0.1, -0.05) is 6.07 Å². The lowest BCUT2D eigenvalue weighted by Crippen LogP contribution is -2.38. The summed E-state index contributed by atoms with van der Waals surface area (Å²) in [5.41, 5.74) is 1.05. The SMILES string of the molecule is COCCNC(=O)CNC(=O)c1csc(Nc2cccc(OC)c2)n1. The predicted octanol–water partition coefficient (Wildman–Crippen LogP) is 1.39. The van der Waals surface area contributed by atoms with Crippen LogP contribution >= 0.6 is 11.3 Å². The number of ether oxygens (including phenoxy) is 2. The summed E-state index contributed by atoms with van der Waals surface area (Å²) >= 11 is 1.30. The fourth-order valence-electron chi connectivity index (χ4n) is 1.87. The number of amides is 2. The third-order valence-corrected chi connectivity index (χ3v) is 3.85. The summed E-state index contributed by atoms with van der Waals surface area (Å²) in [6.45, 7) is 0.709. The zero-order chi connectivity index (χ0) is 18.1. The molecule has 0 aliphatic heterocycles. The number of thiazole rings is 1. The molecule has 0 saturated heterocycles. The Balaban J connectivity index is 1.85. The first-order chi connectivity index (χ1) is 12.1. The van der Waals surface area contributed by atoms with Gasteiger partial charge in [-0.05, 0) is 12.1 Å². The Hall–Kier alpha value is -2.65. The van der Waals surface area contributed by atoms with Gasteiger partial charge in [0.25, 0.3) is 5.91 Å². The van der Waals surface area contributed by atoms with Crippen LogP contribution < -0.4 is 20.7 Å². The van der Waals surface area contributed by atoms with E-state index in [-0.39, 0.29) is 18.1 Å². The molecule has 0 aliphatic rings. The largest absolute Gasteiger partial charge is 0.497 e. The van der Waals surface area contributed by atoms with E-state index in [4.69, 9.17) is 9.47 Å². The minimum absolute atomic E-state index is 0.112. The molecule has 25 heavy (non-hydrogen) atoms. The number of benzene rings is 1. The summed E-state index contributed by atoms with van der Waals surface area (Å²) in [5.74, 6) is 0.0335. The Morgan fingerprint density at radius 2 is 2.08 bits per heavy atom. The van der Waals surface area contributed by atoms with E-state index in [9.17, 15) is 9.59 Å². The molecule has 1 aromatic carbocycles. The third-order valence-electron chi connectivity index (χ3n) is 3.10. The second-order valence-electron chi connectivity index (χ2n) is 4.92. The number of methoxy groups -OCH3 is 2. The highest BCUT2D eigenvalue weighted by Crippen LogP contribution is 2.23. The van der Waals surface area contributed by atoms with Crippen molar-refractivity contribution in [1.82, 2.24) is 15.6 Å². The molecule has 0 saturated carbocycles. The van der Waals surface area contributed by atoms with Crippen molar-refractivity contribution in [2.45, 2.75) is 0 Å². The molecule has 2 aromatic rings. The summed E-state index contributed by atoms with van der Waals surface area (Å²) in [4.78, 5) is 27.8. The van der Waals surface area contributed by atoms with Crippen LogP contribution in [0.2, 0.25) is 0 Å². The molecular formula is C16H20N4O4S. The van der Waals surface area contributed by atoms with Crippen LogP contribution in [-0.2, 0) is 9.53 Å². The van der Waals surface area contributed by atoms with Gasteiger partial charge >= 0.3 is 0 Å². The number of hydrogen-bond donors (Lipinski definition) is 3. The highest BCUT2D eigenvalue weighted by Gasteiger charge is 2.12. The number of hydrogen-bond acceptors (Lipinski definition) is 7. The Kier molecular flexibility index (Phi) is 7.17. The summed E-state index contributed by atoms with van der Waals surface area (Å²) in [7, 11) is 3.14. The van der Waals surface area contributed by atoms with Crippen LogP contribution in [0.3, 0.4) is 0 Å². The van der Waals surface area contributed by atoms with Gasteiger partial charge in [-0.3, -0.25) is 9.59 Å². The van der Waals surface area contributed by atoms with E-state index in [1.807, 2.05) is 24.3 Å². The molecule has 0 aliphatic carbocycles. The molecule has 134 valence electrons. The molecule has 3 N–H and O–H groups in total. The highest BCUT2D eigenvalue weighted by atomic mass is 32.1. The standard InChI is InChI=1S/C16H20N4O4S/c1-23-7-6-17-14(21)9-18-15(22)13-10-25-16(20-13)19-11-4-3-5-12(8-11)24-2/h3-5,8,10H,6-7,9H2,1-2H3,(H,17,21)(H,18,22)(H,19,20). The number of carbonyl (C=O) groups is 2. The number of rotatable bonds is 9. The van der Waals surface area contributed by atoms with Gasteiger partial charge in [0.1, 0.15) is 11.4 Å². The van der Waals surface area contributed by atoms with Gasteiger partial charge in [-0.2, -0.15) is 0 Å². The first-order valence-electron chi connectivity index (χ1n) is 7.53. The molecule has 0 bridgehead atoms. The molecule has 0 radical (unpaired) electrons. The van der Waals surface area contributed by atoms with Crippen LogP contribution in [-0.4, -0.2) is 50.7 Å². The highest BCUT2D eigenvalue weighted by molar-refractivity contribution is 7.14. The van der Waals surface area contributed by atoms with Gasteiger partial charge in [0.05, 0.1) is 20.3 Å². The molecular weight excluding hydrogens is 344 g/mol. The first kappa shape index (κ1) is 18.7. The number of carbonyl (C=O) groups excluding carboxylic acids is 2. The molecule has 2 rings (SSSR count). The number of anilines is 2. The number of aromatic nitrogens is 1. The average Bonchev–Trinajstić information content (AvgIpc) is 3.08. The molecule has 0 fully saturated rings. The van der Waals surface area contributed by atoms with Crippen molar-refractivity contribution in [2.24, 2.45) is 0 Å². The van der Waals surface area contributed by atoms with Crippen molar-refractivity contribution in [3.63, 3.8) is 0 Å². The molecule has 2 amide bonds. The lowest BCUT2D eigenvalue weighted by Gasteiger charge is -2.05. The zero-order valence-electron chi connectivity index (χ0n) is 14.0. The van der Waals surface area contributed by atoms with E-state index in [1.54, 1.807) is 19.6 Å². The Morgan fingerprint density at radius 1 is 1.24 bits per heavy atom. The maximum absolute atomic E-state index is 12.0. The molecule has 1 aromatic heterocycles. The van der Waals surface area contributed by atoms with E-state index < -0.39 is 5.91 Å². The van der Waals surface area contributed by atoms with Crippen molar-refractivity contribution >= 4 is 34.0 Å². The Bertz CT molecular complexity index is 720. The third kappa shape index (κ3) is 6.05. The van der Waals surface area contributed by atoms with E-state index in [1.165, 1.54) is 11.3 Å². The first-order valence-corrected chi connectivity index (χ1v) is 8.40. The normalized spacial score (nSPS) is 10.2. The van der Waals surface area contributed by atoms with Crippen molar-refractivity contribution < 1.29 is 19.1 Å². The second-order valence-corrected chi connectivity index (χ2v) is 5.78. The molecule has 9 heteroatoms. The van der Waals surface area contributed by atoms with Crippen LogP contribution in [0.5, 0.6) is 5.75 Å². The molecule has 0 spiro atoms. The minimum Gasteiger partial charge on any atom is -0.497 e. The maximum Gasteiger partial charge on any atom is 0.271 e. The van der Waals surface area contributed by atoms with E-state index in [0.29, 0.717) is 18.3 Å². The van der Waals surface area contributed by atoms with Crippen LogP contribution in [0.15, 0.2) is 29.6 Å². The fourth-order valence-corrected chi connectivity index (χ4v) is 2.58. The predicted molar refractivity (Wildman–Crippen MR) is 95.6 cm³/mol. The van der Waals surface area contributed by atoms with Crippen molar-refractivity contribution in [2.75, 3.05) is 39.2 Å². The van der Waals surface area contributed by atoms with E-state index in [0.717, 1.165) is 11.4 Å². The monoisotopic (exact) mass is 364 g/mol. The smallest absolute Gasteiger partial charge is 0.271 e. The van der Waals surface area contributed by atoms with Gasteiger partial charge in [0.2, 0.25) is 5.91 Å².